The molecule has 0 saturated heterocycles. The average molecular weight is 347 g/mol. The Bertz CT molecular complexity index is 766. The first-order chi connectivity index (χ1) is 11.9. The van der Waals surface area contributed by atoms with Gasteiger partial charge in [-0.1, -0.05) is 6.92 Å². The van der Waals surface area contributed by atoms with Crippen molar-refractivity contribution < 1.29 is 9.85 Å². The Morgan fingerprint density at radius 3 is 2.24 bits per heavy atom. The van der Waals surface area contributed by atoms with Crippen LogP contribution in [0.4, 0.5) is 28.7 Å². The number of benzene rings is 1. The Morgan fingerprint density at radius 1 is 1.04 bits per heavy atom. The van der Waals surface area contributed by atoms with E-state index in [1.54, 1.807) is 0 Å². The molecule has 2 aromatic rings. The number of aromatic nitrogens is 2. The zero-order valence-electron chi connectivity index (χ0n) is 13.6. The minimum absolute atomic E-state index is 0.00378. The molecule has 0 fully saturated rings. The SMILES string of the molecule is CCC(C)Nc1ncnc(NNc2ccc([N+](=O)[O-])cc2)c1[N+](=O)[O-]. The quantitative estimate of drug-likeness (QED) is 0.484. The molecule has 0 aliphatic heterocycles. The lowest BCUT2D eigenvalue weighted by atomic mass is 10.2. The molecule has 0 aliphatic carbocycles. The number of nitrogens with zero attached hydrogens (tertiary/aromatic N) is 4. The zero-order chi connectivity index (χ0) is 18.4. The second-order valence-corrected chi connectivity index (χ2v) is 5.18. The predicted molar refractivity (Wildman–Crippen MR) is 92.4 cm³/mol. The molecule has 1 aromatic heterocycles. The van der Waals surface area contributed by atoms with Crippen molar-refractivity contribution in [2.75, 3.05) is 16.2 Å². The van der Waals surface area contributed by atoms with Gasteiger partial charge in [0.15, 0.2) is 0 Å². The summed E-state index contributed by atoms with van der Waals surface area (Å²) in [5.41, 5.74) is 5.49. The van der Waals surface area contributed by atoms with E-state index < -0.39 is 9.85 Å². The summed E-state index contributed by atoms with van der Waals surface area (Å²) in [6, 6.07) is 5.57. The van der Waals surface area contributed by atoms with Crippen LogP contribution in [0.2, 0.25) is 0 Å². The van der Waals surface area contributed by atoms with Crippen molar-refractivity contribution >= 4 is 28.7 Å². The lowest BCUT2D eigenvalue weighted by Crippen LogP contribution is -2.18. The third kappa shape index (κ3) is 4.50. The van der Waals surface area contributed by atoms with Gasteiger partial charge < -0.3 is 5.32 Å². The number of nitrogens with one attached hydrogen (secondary N) is 3. The van der Waals surface area contributed by atoms with Crippen molar-refractivity contribution in [3.05, 3.63) is 50.8 Å². The highest BCUT2D eigenvalue weighted by Crippen LogP contribution is 2.29. The molecule has 0 spiro atoms. The molecule has 132 valence electrons. The minimum atomic E-state index is -0.579. The van der Waals surface area contributed by atoms with Crippen LogP contribution in [-0.4, -0.2) is 25.9 Å². The molecule has 1 unspecified atom stereocenters. The van der Waals surface area contributed by atoms with E-state index in [4.69, 9.17) is 0 Å². The molecular formula is C14H17N7O4. The highest BCUT2D eigenvalue weighted by molar-refractivity contribution is 5.70. The van der Waals surface area contributed by atoms with Gasteiger partial charge in [0.25, 0.3) is 5.69 Å². The maximum absolute atomic E-state index is 11.4. The van der Waals surface area contributed by atoms with Gasteiger partial charge in [-0.2, -0.15) is 0 Å². The fraction of sp³-hybridized carbons (Fsp3) is 0.286. The van der Waals surface area contributed by atoms with Crippen LogP contribution in [0.25, 0.3) is 0 Å². The summed E-state index contributed by atoms with van der Waals surface area (Å²) in [4.78, 5) is 28.7. The van der Waals surface area contributed by atoms with Gasteiger partial charge in [-0.05, 0) is 25.5 Å². The summed E-state index contributed by atoms with van der Waals surface area (Å²) in [5.74, 6) is 0.0894. The minimum Gasteiger partial charge on any atom is -0.362 e. The van der Waals surface area contributed by atoms with Gasteiger partial charge in [-0.15, -0.1) is 0 Å². The van der Waals surface area contributed by atoms with E-state index in [-0.39, 0.29) is 29.1 Å². The van der Waals surface area contributed by atoms with E-state index in [9.17, 15) is 20.2 Å². The number of nitro benzene ring substituents is 1. The number of non-ortho nitro benzene ring substituents is 1. The topological polar surface area (TPSA) is 148 Å². The molecule has 0 saturated carbocycles. The van der Waals surface area contributed by atoms with Crippen molar-refractivity contribution in [3.63, 3.8) is 0 Å². The van der Waals surface area contributed by atoms with Crippen LogP contribution in [-0.2, 0) is 0 Å². The fourth-order valence-electron chi connectivity index (χ4n) is 1.88. The molecule has 25 heavy (non-hydrogen) atoms. The number of hydrogen-bond donors (Lipinski definition) is 3. The van der Waals surface area contributed by atoms with Crippen LogP contribution in [0.15, 0.2) is 30.6 Å². The predicted octanol–water partition coefficient (Wildman–Crippen LogP) is 2.94. The highest BCUT2D eigenvalue weighted by atomic mass is 16.6. The summed E-state index contributed by atoms with van der Waals surface area (Å²) in [6.45, 7) is 3.83. The van der Waals surface area contributed by atoms with Gasteiger partial charge in [0.2, 0.25) is 11.6 Å². The summed E-state index contributed by atoms with van der Waals surface area (Å²) in [6.07, 6.45) is 1.97. The van der Waals surface area contributed by atoms with Crippen LogP contribution >= 0.6 is 0 Å². The van der Waals surface area contributed by atoms with E-state index in [1.165, 1.54) is 30.6 Å². The first-order valence-electron chi connectivity index (χ1n) is 7.44. The van der Waals surface area contributed by atoms with Crippen molar-refractivity contribution in [2.45, 2.75) is 26.3 Å². The van der Waals surface area contributed by atoms with Crippen LogP contribution in [0.3, 0.4) is 0 Å². The summed E-state index contributed by atoms with van der Waals surface area (Å²) >= 11 is 0. The van der Waals surface area contributed by atoms with Crippen LogP contribution in [0, 0.1) is 20.2 Å². The molecular weight excluding hydrogens is 330 g/mol. The number of nitro groups is 2. The average Bonchev–Trinajstić information content (AvgIpc) is 2.59. The van der Waals surface area contributed by atoms with E-state index in [1.807, 2.05) is 13.8 Å². The van der Waals surface area contributed by atoms with E-state index in [2.05, 4.69) is 26.1 Å². The van der Waals surface area contributed by atoms with E-state index in [0.29, 0.717) is 5.69 Å². The van der Waals surface area contributed by atoms with Gasteiger partial charge in [0.05, 0.1) is 15.5 Å². The maximum atomic E-state index is 11.4. The fourth-order valence-corrected chi connectivity index (χ4v) is 1.88. The van der Waals surface area contributed by atoms with Crippen LogP contribution in [0.5, 0.6) is 0 Å². The Hall–Kier alpha value is -3.50. The van der Waals surface area contributed by atoms with Gasteiger partial charge in [-0.3, -0.25) is 31.1 Å². The maximum Gasteiger partial charge on any atom is 0.354 e. The molecule has 2 rings (SSSR count). The first kappa shape index (κ1) is 17.8. The molecule has 1 heterocycles. The molecule has 0 aliphatic rings. The van der Waals surface area contributed by atoms with Gasteiger partial charge in [0.1, 0.15) is 6.33 Å². The van der Waals surface area contributed by atoms with Crippen molar-refractivity contribution in [1.29, 1.82) is 0 Å². The smallest absolute Gasteiger partial charge is 0.354 e. The summed E-state index contributed by atoms with van der Waals surface area (Å²) in [5, 5.41) is 25.0. The number of hydrogen-bond acceptors (Lipinski definition) is 9. The number of rotatable bonds is 8. The highest BCUT2D eigenvalue weighted by Gasteiger charge is 2.23. The third-order valence-electron chi connectivity index (χ3n) is 3.40. The molecule has 0 radical (unpaired) electrons. The zero-order valence-corrected chi connectivity index (χ0v) is 13.6. The molecule has 1 atom stereocenters. The third-order valence-corrected chi connectivity index (χ3v) is 3.40. The second-order valence-electron chi connectivity index (χ2n) is 5.18. The number of hydrazine groups is 1. The van der Waals surface area contributed by atoms with Gasteiger partial charge >= 0.3 is 5.69 Å². The molecule has 0 bridgehead atoms. The van der Waals surface area contributed by atoms with Crippen molar-refractivity contribution in [1.82, 2.24) is 9.97 Å². The first-order valence-corrected chi connectivity index (χ1v) is 7.44. The lowest BCUT2D eigenvalue weighted by molar-refractivity contribution is -0.384. The van der Waals surface area contributed by atoms with Crippen molar-refractivity contribution in [3.8, 4) is 0 Å². The van der Waals surface area contributed by atoms with Gasteiger partial charge in [0, 0.05) is 18.2 Å². The lowest BCUT2D eigenvalue weighted by Gasteiger charge is -2.14. The molecule has 1 aromatic carbocycles. The molecule has 0 amide bonds. The monoisotopic (exact) mass is 347 g/mol. The van der Waals surface area contributed by atoms with Crippen LogP contribution in [0.1, 0.15) is 20.3 Å². The second kappa shape index (κ2) is 7.86. The Labute approximate surface area is 142 Å². The molecule has 3 N–H and O–H groups in total. The molecule has 11 heteroatoms. The van der Waals surface area contributed by atoms with Crippen LogP contribution < -0.4 is 16.2 Å². The summed E-state index contributed by atoms with van der Waals surface area (Å²) in [7, 11) is 0. The summed E-state index contributed by atoms with van der Waals surface area (Å²) < 4.78 is 0. The van der Waals surface area contributed by atoms with E-state index in [0.717, 1.165) is 6.42 Å². The Kier molecular flexibility index (Phi) is 5.61. The van der Waals surface area contributed by atoms with E-state index >= 15 is 0 Å². The van der Waals surface area contributed by atoms with Crippen molar-refractivity contribution in [2.24, 2.45) is 0 Å². The number of anilines is 3. The normalized spacial score (nSPS) is 11.4. The largest absolute Gasteiger partial charge is 0.362 e. The Balaban J connectivity index is 2.19. The standard InChI is InChI=1S/C14H17N7O4/c1-3-9(2)17-13-12(21(24)25)14(16-8-15-13)19-18-10-4-6-11(7-5-10)20(22)23/h4-9,18H,3H2,1-2H3,(H2,15,16,17,19). The Morgan fingerprint density at radius 2 is 1.68 bits per heavy atom. The van der Waals surface area contributed by atoms with Gasteiger partial charge in [-0.25, -0.2) is 9.97 Å². The molecule has 11 nitrogen and oxygen atoms in total.